The first-order valence-corrected chi connectivity index (χ1v) is 10.8. The van der Waals surface area contributed by atoms with Crippen molar-refractivity contribution in [2.45, 2.75) is 32.9 Å². The summed E-state index contributed by atoms with van der Waals surface area (Å²) in [7, 11) is 0. The van der Waals surface area contributed by atoms with Gasteiger partial charge < -0.3 is 9.84 Å². The molecule has 1 N–H and O–H groups in total. The molecule has 0 bridgehead atoms. The quantitative estimate of drug-likeness (QED) is 0.352. The molecule has 0 radical (unpaired) electrons. The topological polar surface area (TPSA) is 79.7 Å². The van der Waals surface area contributed by atoms with Gasteiger partial charge in [0, 0.05) is 17.1 Å². The molecule has 0 saturated carbocycles. The highest BCUT2D eigenvalue weighted by Crippen LogP contribution is 2.42. The van der Waals surface area contributed by atoms with Crippen LogP contribution in [0.2, 0.25) is 0 Å². The third kappa shape index (κ3) is 3.96. The van der Waals surface area contributed by atoms with E-state index in [1.165, 1.54) is 16.2 Å². The lowest BCUT2D eigenvalue weighted by molar-refractivity contribution is -0.132. The second-order valence-electron chi connectivity index (χ2n) is 7.59. The molecule has 1 aliphatic rings. The number of ketones is 1. The van der Waals surface area contributed by atoms with Crippen molar-refractivity contribution in [2.24, 2.45) is 0 Å². The normalized spacial score (nSPS) is 18.1. The molecule has 2 aromatic carbocycles. The number of anilines is 1. The summed E-state index contributed by atoms with van der Waals surface area (Å²) in [4.78, 5) is 31.6. The first-order chi connectivity index (χ1) is 14.9. The van der Waals surface area contributed by atoms with Gasteiger partial charge in [-0.3, -0.25) is 14.5 Å². The van der Waals surface area contributed by atoms with Crippen LogP contribution in [0.15, 0.2) is 65.7 Å². The van der Waals surface area contributed by atoms with Crippen molar-refractivity contribution in [3.8, 4) is 5.75 Å². The van der Waals surface area contributed by atoms with Gasteiger partial charge in [0.15, 0.2) is 5.13 Å². The molecule has 0 spiro atoms. The first kappa shape index (κ1) is 20.8. The standard InChI is InChI=1S/C24H22N2O4S/c1-14(2)30-18-10-8-17(9-11-18)21(27)19-20(16-6-4-15(3)5-7-16)26(23(29)22(19)28)24-25-12-13-31-24/h4-14,20,27H,1-3H3/b21-19+. The molecule has 1 amide bonds. The van der Waals surface area contributed by atoms with Crippen molar-refractivity contribution in [1.29, 1.82) is 0 Å². The number of aliphatic hydroxyl groups excluding tert-OH is 1. The summed E-state index contributed by atoms with van der Waals surface area (Å²) < 4.78 is 5.65. The number of hydrogen-bond acceptors (Lipinski definition) is 6. The molecule has 7 heteroatoms. The number of carbonyl (C=O) groups is 2. The maximum Gasteiger partial charge on any atom is 0.301 e. The minimum Gasteiger partial charge on any atom is -0.507 e. The molecule has 1 unspecified atom stereocenters. The molecule has 0 aliphatic carbocycles. The van der Waals surface area contributed by atoms with Crippen LogP contribution in [0.3, 0.4) is 0 Å². The Labute approximate surface area is 184 Å². The number of amides is 1. The summed E-state index contributed by atoms with van der Waals surface area (Å²) in [6.07, 6.45) is 1.60. The van der Waals surface area contributed by atoms with Crippen molar-refractivity contribution in [2.75, 3.05) is 4.90 Å². The van der Waals surface area contributed by atoms with Gasteiger partial charge in [0.1, 0.15) is 11.5 Å². The number of rotatable bonds is 5. The lowest BCUT2D eigenvalue weighted by atomic mass is 9.95. The van der Waals surface area contributed by atoms with Crippen LogP contribution in [0, 0.1) is 6.92 Å². The minimum atomic E-state index is -0.765. The Morgan fingerprint density at radius 2 is 1.77 bits per heavy atom. The maximum absolute atomic E-state index is 13.0. The molecule has 1 aliphatic heterocycles. The average Bonchev–Trinajstić information content (AvgIpc) is 3.35. The SMILES string of the molecule is Cc1ccc(C2/C(=C(\O)c3ccc(OC(C)C)cc3)C(=O)C(=O)N2c2nccs2)cc1. The number of aromatic nitrogens is 1. The molecular weight excluding hydrogens is 412 g/mol. The van der Waals surface area contributed by atoms with Gasteiger partial charge in [-0.25, -0.2) is 4.98 Å². The molecule has 3 aromatic rings. The zero-order valence-corrected chi connectivity index (χ0v) is 18.2. The Morgan fingerprint density at radius 3 is 2.35 bits per heavy atom. The van der Waals surface area contributed by atoms with Crippen molar-refractivity contribution in [3.05, 3.63) is 82.4 Å². The lowest BCUT2D eigenvalue weighted by Crippen LogP contribution is -2.29. The summed E-state index contributed by atoms with van der Waals surface area (Å²) in [6.45, 7) is 5.81. The fraction of sp³-hybridized carbons (Fsp3) is 0.208. The second kappa shape index (κ2) is 8.35. The van der Waals surface area contributed by atoms with Gasteiger partial charge in [-0.2, -0.15) is 0 Å². The predicted octanol–water partition coefficient (Wildman–Crippen LogP) is 4.87. The number of nitrogens with zero attached hydrogens (tertiary/aromatic N) is 2. The predicted molar refractivity (Wildman–Crippen MR) is 120 cm³/mol. The van der Waals surface area contributed by atoms with Gasteiger partial charge >= 0.3 is 5.91 Å². The van der Waals surface area contributed by atoms with Crippen LogP contribution in [0.25, 0.3) is 5.76 Å². The zero-order valence-electron chi connectivity index (χ0n) is 17.4. The Morgan fingerprint density at radius 1 is 1.10 bits per heavy atom. The molecule has 2 heterocycles. The zero-order chi connectivity index (χ0) is 22.1. The van der Waals surface area contributed by atoms with Gasteiger partial charge in [0.05, 0.1) is 17.7 Å². The van der Waals surface area contributed by atoms with Crippen LogP contribution in [0.1, 0.15) is 36.6 Å². The Hall–Kier alpha value is -3.45. The Balaban J connectivity index is 1.84. The molecule has 1 atom stereocenters. The van der Waals surface area contributed by atoms with E-state index in [-0.39, 0.29) is 17.4 Å². The van der Waals surface area contributed by atoms with E-state index in [9.17, 15) is 14.7 Å². The van der Waals surface area contributed by atoms with E-state index in [2.05, 4.69) is 4.98 Å². The van der Waals surface area contributed by atoms with Crippen LogP contribution in [-0.2, 0) is 9.59 Å². The van der Waals surface area contributed by atoms with E-state index in [1.807, 2.05) is 45.0 Å². The van der Waals surface area contributed by atoms with Crippen LogP contribution in [-0.4, -0.2) is 27.9 Å². The van der Waals surface area contributed by atoms with Crippen LogP contribution in [0.5, 0.6) is 5.75 Å². The highest BCUT2D eigenvalue weighted by Gasteiger charge is 2.47. The average molecular weight is 435 g/mol. The number of aryl methyl sites for hydroxylation is 1. The first-order valence-electron chi connectivity index (χ1n) is 9.91. The largest absolute Gasteiger partial charge is 0.507 e. The fourth-order valence-corrected chi connectivity index (χ4v) is 4.21. The second-order valence-corrected chi connectivity index (χ2v) is 8.46. The monoisotopic (exact) mass is 434 g/mol. The summed E-state index contributed by atoms with van der Waals surface area (Å²) in [5.41, 5.74) is 2.25. The van der Waals surface area contributed by atoms with Gasteiger partial charge in [-0.05, 0) is 50.6 Å². The number of thiazole rings is 1. The number of aliphatic hydroxyl groups is 1. The lowest BCUT2D eigenvalue weighted by Gasteiger charge is -2.23. The fourth-order valence-electron chi connectivity index (χ4n) is 3.55. The van der Waals surface area contributed by atoms with Crippen LogP contribution < -0.4 is 9.64 Å². The van der Waals surface area contributed by atoms with Crippen molar-refractivity contribution in [1.82, 2.24) is 4.98 Å². The van der Waals surface area contributed by atoms with E-state index in [1.54, 1.807) is 35.8 Å². The Kier molecular flexibility index (Phi) is 5.61. The number of carbonyl (C=O) groups excluding carboxylic acids is 2. The van der Waals surface area contributed by atoms with E-state index in [0.717, 1.165) is 11.1 Å². The van der Waals surface area contributed by atoms with Gasteiger partial charge in [0.25, 0.3) is 5.78 Å². The van der Waals surface area contributed by atoms with E-state index < -0.39 is 17.7 Å². The van der Waals surface area contributed by atoms with E-state index >= 15 is 0 Å². The van der Waals surface area contributed by atoms with E-state index in [4.69, 9.17) is 4.74 Å². The van der Waals surface area contributed by atoms with Crippen LogP contribution >= 0.6 is 11.3 Å². The Bertz CT molecular complexity index is 1130. The molecule has 158 valence electrons. The summed E-state index contributed by atoms with van der Waals surface area (Å²) in [5.74, 6) is -1.01. The maximum atomic E-state index is 13.0. The third-order valence-corrected chi connectivity index (χ3v) is 5.73. The molecule has 31 heavy (non-hydrogen) atoms. The highest BCUT2D eigenvalue weighted by molar-refractivity contribution is 7.14. The van der Waals surface area contributed by atoms with E-state index in [0.29, 0.717) is 16.4 Å². The van der Waals surface area contributed by atoms with Crippen molar-refractivity contribution < 1.29 is 19.4 Å². The molecule has 4 rings (SSSR count). The smallest absolute Gasteiger partial charge is 0.301 e. The highest BCUT2D eigenvalue weighted by atomic mass is 32.1. The molecule has 1 aromatic heterocycles. The number of Topliss-reactive ketones (excluding diaryl/α,β-unsaturated/α-hetero) is 1. The molecule has 6 nitrogen and oxygen atoms in total. The summed E-state index contributed by atoms with van der Waals surface area (Å²) in [5, 5.41) is 13.3. The molecular formula is C24H22N2O4S. The van der Waals surface area contributed by atoms with Crippen LogP contribution in [0.4, 0.5) is 5.13 Å². The van der Waals surface area contributed by atoms with Gasteiger partial charge in [-0.1, -0.05) is 29.8 Å². The van der Waals surface area contributed by atoms with Gasteiger partial charge in [-0.15, -0.1) is 11.3 Å². The number of ether oxygens (including phenoxy) is 1. The molecule has 1 saturated heterocycles. The summed E-state index contributed by atoms with van der Waals surface area (Å²) >= 11 is 1.27. The minimum absolute atomic E-state index is 0.0182. The van der Waals surface area contributed by atoms with Gasteiger partial charge in [0.2, 0.25) is 0 Å². The third-order valence-electron chi connectivity index (χ3n) is 4.96. The van der Waals surface area contributed by atoms with Crippen molar-refractivity contribution in [3.63, 3.8) is 0 Å². The number of hydrogen-bond donors (Lipinski definition) is 1. The summed E-state index contributed by atoms with van der Waals surface area (Å²) in [6, 6.07) is 13.6. The molecule has 1 fully saturated rings. The number of benzene rings is 2. The van der Waals surface area contributed by atoms with Crippen molar-refractivity contribution >= 4 is 33.9 Å².